The Hall–Kier alpha value is -2.14. The highest BCUT2D eigenvalue weighted by Crippen LogP contribution is 2.21. The molecule has 25 heavy (non-hydrogen) atoms. The molecule has 0 fully saturated rings. The number of nitrogens with zero attached hydrogens (tertiary/aromatic N) is 4. The fourth-order valence-electron chi connectivity index (χ4n) is 3.68. The highest BCUT2D eigenvalue weighted by Gasteiger charge is 2.24. The van der Waals surface area contributed by atoms with Crippen molar-refractivity contribution >= 4 is 11.6 Å². The van der Waals surface area contributed by atoms with Crippen LogP contribution in [0.3, 0.4) is 0 Å². The van der Waals surface area contributed by atoms with E-state index in [1.807, 2.05) is 11.9 Å². The lowest BCUT2D eigenvalue weighted by Gasteiger charge is -2.34. The predicted octanol–water partition coefficient (Wildman–Crippen LogP) is 3.03. The van der Waals surface area contributed by atoms with Gasteiger partial charge in [0.1, 0.15) is 5.65 Å². The zero-order valence-electron chi connectivity index (χ0n) is 15.7. The van der Waals surface area contributed by atoms with Gasteiger partial charge in [-0.3, -0.25) is 9.69 Å². The summed E-state index contributed by atoms with van der Waals surface area (Å²) in [6.45, 7) is 8.67. The summed E-state index contributed by atoms with van der Waals surface area (Å²) in [5.74, 6) is 0.126. The minimum atomic E-state index is 0.126. The first-order chi connectivity index (χ1) is 12.0. The van der Waals surface area contributed by atoms with Crippen LogP contribution in [0.2, 0.25) is 0 Å². The second kappa shape index (κ2) is 7.40. The number of amides is 1. The molecule has 5 heteroatoms. The fraction of sp³-hybridized carbons (Fsp3) is 0.500. The zero-order chi connectivity index (χ0) is 18.0. The molecule has 0 radical (unpaired) electrons. The summed E-state index contributed by atoms with van der Waals surface area (Å²) in [6.07, 6.45) is 8.53. The molecular weight excluding hydrogens is 312 g/mol. The van der Waals surface area contributed by atoms with Crippen LogP contribution in [-0.2, 0) is 11.3 Å². The first kappa shape index (κ1) is 17.7. The lowest BCUT2D eigenvalue weighted by Crippen LogP contribution is -2.41. The highest BCUT2D eigenvalue weighted by atomic mass is 16.2. The van der Waals surface area contributed by atoms with Gasteiger partial charge in [0.25, 0.3) is 0 Å². The molecule has 0 spiro atoms. The van der Waals surface area contributed by atoms with Crippen molar-refractivity contribution in [3.8, 4) is 0 Å². The van der Waals surface area contributed by atoms with Crippen LogP contribution < -0.4 is 0 Å². The van der Waals surface area contributed by atoms with Gasteiger partial charge in [0.2, 0.25) is 5.91 Å². The van der Waals surface area contributed by atoms with E-state index >= 15 is 0 Å². The molecule has 1 aliphatic rings. The molecule has 1 unspecified atom stereocenters. The van der Waals surface area contributed by atoms with Crippen molar-refractivity contribution in [2.45, 2.75) is 46.2 Å². The van der Waals surface area contributed by atoms with Crippen LogP contribution in [-0.4, -0.2) is 51.3 Å². The van der Waals surface area contributed by atoms with Gasteiger partial charge >= 0.3 is 0 Å². The number of hydrogen-bond donors (Lipinski definition) is 0. The summed E-state index contributed by atoms with van der Waals surface area (Å²) in [5, 5.41) is 0. The van der Waals surface area contributed by atoms with Gasteiger partial charge in [-0.15, -0.1) is 0 Å². The van der Waals surface area contributed by atoms with E-state index < -0.39 is 0 Å². The Kier molecular flexibility index (Phi) is 5.23. The maximum atomic E-state index is 11.8. The van der Waals surface area contributed by atoms with Gasteiger partial charge in [0.05, 0.1) is 11.7 Å². The second-order valence-corrected chi connectivity index (χ2v) is 7.04. The van der Waals surface area contributed by atoms with Crippen LogP contribution in [0.15, 0.2) is 36.2 Å². The van der Waals surface area contributed by atoms with E-state index in [0.717, 1.165) is 43.8 Å². The van der Waals surface area contributed by atoms with Crippen LogP contribution in [0.25, 0.3) is 5.65 Å². The van der Waals surface area contributed by atoms with E-state index in [4.69, 9.17) is 4.98 Å². The van der Waals surface area contributed by atoms with E-state index in [2.05, 4.69) is 53.8 Å². The quantitative estimate of drug-likeness (QED) is 0.786. The number of pyridine rings is 1. The molecule has 0 bridgehead atoms. The number of rotatable bonds is 5. The van der Waals surface area contributed by atoms with Crippen LogP contribution >= 0.6 is 0 Å². The Bertz CT molecular complexity index is 792. The van der Waals surface area contributed by atoms with Crippen molar-refractivity contribution < 1.29 is 4.79 Å². The third-order valence-electron chi connectivity index (χ3n) is 5.07. The standard InChI is InChI=1S/C20H28N4O/c1-5-19(22(4)16(3)25)17-7-6-10-23(12-17)13-18-14-24-11-15(2)8-9-20(24)21-18/h7-9,11,14,19H,5-6,10,12-13H2,1-4H3. The number of hydrogen-bond acceptors (Lipinski definition) is 3. The van der Waals surface area contributed by atoms with Gasteiger partial charge in [-0.2, -0.15) is 0 Å². The number of imidazole rings is 1. The maximum absolute atomic E-state index is 11.8. The molecule has 3 heterocycles. The maximum Gasteiger partial charge on any atom is 0.219 e. The van der Waals surface area contributed by atoms with Gasteiger partial charge < -0.3 is 9.30 Å². The van der Waals surface area contributed by atoms with Crippen molar-refractivity contribution in [3.63, 3.8) is 0 Å². The predicted molar refractivity (Wildman–Crippen MR) is 100 cm³/mol. The minimum Gasteiger partial charge on any atom is -0.339 e. The number of fused-ring (bicyclic) bond motifs is 1. The number of aromatic nitrogens is 2. The molecule has 5 nitrogen and oxygen atoms in total. The molecule has 0 aromatic carbocycles. The summed E-state index contributed by atoms with van der Waals surface area (Å²) in [6, 6.07) is 4.36. The molecule has 1 amide bonds. The first-order valence-corrected chi connectivity index (χ1v) is 9.07. The Labute approximate surface area is 149 Å². The van der Waals surface area contributed by atoms with Gasteiger partial charge in [-0.25, -0.2) is 4.98 Å². The fourth-order valence-corrected chi connectivity index (χ4v) is 3.68. The summed E-state index contributed by atoms with van der Waals surface area (Å²) in [7, 11) is 1.90. The molecule has 1 atom stereocenters. The second-order valence-electron chi connectivity index (χ2n) is 7.04. The normalized spacial score (nSPS) is 16.7. The van der Waals surface area contributed by atoms with E-state index in [-0.39, 0.29) is 11.9 Å². The largest absolute Gasteiger partial charge is 0.339 e. The van der Waals surface area contributed by atoms with Gasteiger partial charge in [-0.05, 0) is 37.0 Å². The van der Waals surface area contributed by atoms with Crippen molar-refractivity contribution in [3.05, 3.63) is 47.4 Å². The third-order valence-corrected chi connectivity index (χ3v) is 5.07. The highest BCUT2D eigenvalue weighted by molar-refractivity contribution is 5.73. The molecule has 0 N–H and O–H groups in total. The van der Waals surface area contributed by atoms with E-state index in [1.165, 1.54) is 11.1 Å². The van der Waals surface area contributed by atoms with E-state index in [0.29, 0.717) is 0 Å². The van der Waals surface area contributed by atoms with Crippen LogP contribution in [0.1, 0.15) is 37.9 Å². The van der Waals surface area contributed by atoms with E-state index in [1.54, 1.807) is 6.92 Å². The Morgan fingerprint density at radius 2 is 2.16 bits per heavy atom. The van der Waals surface area contributed by atoms with Gasteiger partial charge in [-0.1, -0.05) is 19.1 Å². The average Bonchev–Trinajstić information content (AvgIpc) is 2.97. The monoisotopic (exact) mass is 340 g/mol. The topological polar surface area (TPSA) is 40.9 Å². The lowest BCUT2D eigenvalue weighted by molar-refractivity contribution is -0.129. The van der Waals surface area contributed by atoms with Crippen LogP contribution in [0.4, 0.5) is 0 Å². The zero-order valence-corrected chi connectivity index (χ0v) is 15.7. The number of likely N-dealkylation sites (N-methyl/N-ethyl adjacent to an activating group) is 1. The number of carbonyl (C=O) groups excluding carboxylic acids is 1. The minimum absolute atomic E-state index is 0.126. The van der Waals surface area contributed by atoms with Crippen LogP contribution in [0.5, 0.6) is 0 Å². The van der Waals surface area contributed by atoms with Gasteiger partial charge in [0.15, 0.2) is 0 Å². The lowest BCUT2D eigenvalue weighted by atomic mass is 9.98. The summed E-state index contributed by atoms with van der Waals surface area (Å²) in [4.78, 5) is 20.8. The molecule has 3 rings (SSSR count). The molecule has 2 aromatic heterocycles. The SMILES string of the molecule is CCC(C1=CCCN(Cc2cn3cc(C)ccc3n2)C1)N(C)C(C)=O. The number of aryl methyl sites for hydroxylation is 1. The van der Waals surface area contributed by atoms with Crippen molar-refractivity contribution in [1.29, 1.82) is 0 Å². The Balaban J connectivity index is 1.71. The van der Waals surface area contributed by atoms with Crippen LogP contribution in [0, 0.1) is 6.92 Å². The number of carbonyl (C=O) groups is 1. The van der Waals surface area contributed by atoms with Crippen molar-refractivity contribution in [1.82, 2.24) is 19.2 Å². The molecule has 134 valence electrons. The van der Waals surface area contributed by atoms with Crippen molar-refractivity contribution in [2.75, 3.05) is 20.1 Å². The van der Waals surface area contributed by atoms with E-state index in [9.17, 15) is 4.79 Å². The Morgan fingerprint density at radius 3 is 2.88 bits per heavy atom. The summed E-state index contributed by atoms with van der Waals surface area (Å²) >= 11 is 0. The summed E-state index contributed by atoms with van der Waals surface area (Å²) < 4.78 is 2.10. The molecule has 0 aliphatic carbocycles. The average molecular weight is 340 g/mol. The Morgan fingerprint density at radius 1 is 1.36 bits per heavy atom. The molecule has 2 aromatic rings. The third kappa shape index (κ3) is 3.93. The van der Waals surface area contributed by atoms with Gasteiger partial charge in [0, 0.05) is 46.0 Å². The van der Waals surface area contributed by atoms with Crippen molar-refractivity contribution in [2.24, 2.45) is 0 Å². The molecular formula is C20H28N4O. The first-order valence-electron chi connectivity index (χ1n) is 9.07. The smallest absolute Gasteiger partial charge is 0.219 e. The molecule has 0 saturated carbocycles. The molecule has 1 aliphatic heterocycles. The molecule has 0 saturated heterocycles. The summed E-state index contributed by atoms with van der Waals surface area (Å²) in [5.41, 5.74) is 4.68.